The zero-order valence-electron chi connectivity index (χ0n) is 14.0. The predicted molar refractivity (Wildman–Crippen MR) is 114 cm³/mol. The van der Waals surface area contributed by atoms with Crippen LogP contribution in [0.1, 0.15) is 36.8 Å². The molecule has 0 amide bonds. The molecule has 3 rings (SSSR count). The Balaban J connectivity index is 1.75. The molecule has 2 aromatic rings. The van der Waals surface area contributed by atoms with Crippen LogP contribution in [-0.4, -0.2) is 24.5 Å². The van der Waals surface area contributed by atoms with E-state index in [-0.39, 0.29) is 12.1 Å². The zero-order chi connectivity index (χ0) is 18.5. The van der Waals surface area contributed by atoms with Gasteiger partial charge in [-0.1, -0.05) is 71.4 Å². The maximum absolute atomic E-state index is 6.22. The quantitative estimate of drug-likeness (QED) is 0.462. The van der Waals surface area contributed by atoms with E-state index >= 15 is 0 Å². The lowest BCUT2D eigenvalue weighted by Crippen LogP contribution is -2.27. The van der Waals surface area contributed by atoms with Crippen LogP contribution in [0, 0.1) is 0 Å². The van der Waals surface area contributed by atoms with Gasteiger partial charge in [0.2, 0.25) is 0 Å². The van der Waals surface area contributed by atoms with Crippen molar-refractivity contribution < 1.29 is 0 Å². The average Bonchev–Trinajstić information content (AvgIpc) is 2.61. The topological polar surface area (TPSA) is 24.7 Å². The standard InChI is InChI=1S/C20H18Cl4N2/c21-15-7-5-13(17(23)9-15)11-25-19-3-1-2-4-20(19)26-12-14-6-8-16(22)10-18(14)24/h5-12,19-20H,1-4H2/t19-,20-/m0/s1. The molecule has 2 atom stereocenters. The van der Waals surface area contributed by atoms with Gasteiger partial charge >= 0.3 is 0 Å². The van der Waals surface area contributed by atoms with Gasteiger partial charge in [0.25, 0.3) is 0 Å². The molecular formula is C20H18Cl4N2. The smallest absolute Gasteiger partial charge is 0.0723 e. The highest BCUT2D eigenvalue weighted by Gasteiger charge is 2.23. The van der Waals surface area contributed by atoms with Gasteiger partial charge in [-0.2, -0.15) is 0 Å². The number of hydrogen-bond donors (Lipinski definition) is 0. The van der Waals surface area contributed by atoms with Crippen LogP contribution in [0.25, 0.3) is 0 Å². The van der Waals surface area contributed by atoms with Gasteiger partial charge in [0.1, 0.15) is 0 Å². The van der Waals surface area contributed by atoms with E-state index in [1.165, 1.54) is 0 Å². The SMILES string of the molecule is Clc1ccc(C=N[C@H]2CCCC[C@@H]2N=Cc2ccc(Cl)cc2Cl)c(Cl)c1. The van der Waals surface area contributed by atoms with Crippen molar-refractivity contribution >= 4 is 58.8 Å². The molecule has 136 valence electrons. The Hall–Kier alpha value is -1.06. The first kappa shape index (κ1) is 19.7. The molecule has 1 aliphatic carbocycles. The minimum atomic E-state index is 0.137. The lowest BCUT2D eigenvalue weighted by atomic mass is 9.91. The molecule has 0 radical (unpaired) electrons. The van der Waals surface area contributed by atoms with Gasteiger partial charge in [-0.3, -0.25) is 9.98 Å². The van der Waals surface area contributed by atoms with E-state index in [0.717, 1.165) is 36.8 Å². The molecule has 1 aliphatic rings. The van der Waals surface area contributed by atoms with Crippen molar-refractivity contribution in [1.29, 1.82) is 0 Å². The van der Waals surface area contributed by atoms with Crippen LogP contribution in [-0.2, 0) is 0 Å². The summed E-state index contributed by atoms with van der Waals surface area (Å²) in [6, 6.07) is 11.1. The van der Waals surface area contributed by atoms with Crippen molar-refractivity contribution in [2.24, 2.45) is 9.98 Å². The first-order valence-corrected chi connectivity index (χ1v) is 10.0. The molecule has 0 aromatic heterocycles. The molecule has 0 aliphatic heterocycles. The first-order valence-electron chi connectivity index (χ1n) is 8.49. The summed E-state index contributed by atoms with van der Waals surface area (Å²) in [5.74, 6) is 0. The molecule has 26 heavy (non-hydrogen) atoms. The summed E-state index contributed by atoms with van der Waals surface area (Å²) < 4.78 is 0. The van der Waals surface area contributed by atoms with Crippen LogP contribution in [0.2, 0.25) is 20.1 Å². The van der Waals surface area contributed by atoms with Gasteiger partial charge in [0, 0.05) is 33.6 Å². The van der Waals surface area contributed by atoms with E-state index < -0.39 is 0 Å². The minimum absolute atomic E-state index is 0.137. The molecule has 0 heterocycles. The van der Waals surface area contributed by atoms with Gasteiger partial charge in [-0.15, -0.1) is 0 Å². The highest BCUT2D eigenvalue weighted by atomic mass is 35.5. The van der Waals surface area contributed by atoms with Crippen molar-refractivity contribution in [3.63, 3.8) is 0 Å². The van der Waals surface area contributed by atoms with Gasteiger partial charge in [0.05, 0.1) is 22.1 Å². The van der Waals surface area contributed by atoms with Crippen molar-refractivity contribution in [2.75, 3.05) is 0 Å². The third-order valence-electron chi connectivity index (χ3n) is 4.43. The summed E-state index contributed by atoms with van der Waals surface area (Å²) in [6.45, 7) is 0. The van der Waals surface area contributed by atoms with Crippen molar-refractivity contribution in [1.82, 2.24) is 0 Å². The van der Waals surface area contributed by atoms with Crippen LogP contribution in [0.15, 0.2) is 46.4 Å². The van der Waals surface area contributed by atoms with E-state index in [1.54, 1.807) is 12.1 Å². The number of hydrogen-bond acceptors (Lipinski definition) is 2. The Morgan fingerprint density at radius 2 is 1.12 bits per heavy atom. The Kier molecular flexibility index (Phi) is 6.99. The lowest BCUT2D eigenvalue weighted by molar-refractivity contribution is 0.390. The van der Waals surface area contributed by atoms with E-state index in [0.29, 0.717) is 20.1 Å². The highest BCUT2D eigenvalue weighted by Crippen LogP contribution is 2.26. The lowest BCUT2D eigenvalue weighted by Gasteiger charge is -2.25. The number of halogens is 4. The molecule has 0 N–H and O–H groups in total. The Morgan fingerprint density at radius 3 is 1.50 bits per heavy atom. The molecule has 0 unspecified atom stereocenters. The third-order valence-corrected chi connectivity index (χ3v) is 5.55. The summed E-state index contributed by atoms with van der Waals surface area (Å²) in [5.41, 5.74) is 1.73. The monoisotopic (exact) mass is 426 g/mol. The molecular weight excluding hydrogens is 410 g/mol. The number of aliphatic imine (C=N–C) groups is 2. The summed E-state index contributed by atoms with van der Waals surface area (Å²) in [5, 5.41) is 2.44. The van der Waals surface area contributed by atoms with E-state index in [4.69, 9.17) is 56.4 Å². The summed E-state index contributed by atoms with van der Waals surface area (Å²) >= 11 is 24.3. The van der Waals surface area contributed by atoms with Crippen LogP contribution < -0.4 is 0 Å². The van der Waals surface area contributed by atoms with Crippen molar-refractivity contribution in [2.45, 2.75) is 37.8 Å². The molecule has 2 aromatic carbocycles. The number of nitrogens with zero attached hydrogens (tertiary/aromatic N) is 2. The maximum Gasteiger partial charge on any atom is 0.0723 e. The average molecular weight is 428 g/mol. The zero-order valence-corrected chi connectivity index (χ0v) is 17.0. The van der Waals surface area contributed by atoms with E-state index in [9.17, 15) is 0 Å². The summed E-state index contributed by atoms with van der Waals surface area (Å²) in [6.07, 6.45) is 7.99. The largest absolute Gasteiger partial charge is 0.287 e. The normalized spacial score (nSPS) is 20.9. The molecule has 1 saturated carbocycles. The second-order valence-corrected chi connectivity index (χ2v) is 7.99. The summed E-state index contributed by atoms with van der Waals surface area (Å²) in [4.78, 5) is 9.51. The fourth-order valence-electron chi connectivity index (χ4n) is 3.00. The predicted octanol–water partition coefficient (Wildman–Crippen LogP) is 7.15. The maximum atomic E-state index is 6.22. The number of benzene rings is 2. The fourth-order valence-corrected chi connectivity index (χ4v) is 3.92. The molecule has 1 fully saturated rings. The number of rotatable bonds is 4. The fraction of sp³-hybridized carbons (Fsp3) is 0.300. The van der Waals surface area contributed by atoms with Crippen molar-refractivity contribution in [3.05, 3.63) is 67.6 Å². The molecule has 6 heteroatoms. The second-order valence-electron chi connectivity index (χ2n) is 6.31. The molecule has 0 saturated heterocycles. The van der Waals surface area contributed by atoms with Gasteiger partial charge < -0.3 is 0 Å². The van der Waals surface area contributed by atoms with Crippen LogP contribution in [0.4, 0.5) is 0 Å². The van der Waals surface area contributed by atoms with Crippen LogP contribution in [0.3, 0.4) is 0 Å². The highest BCUT2D eigenvalue weighted by molar-refractivity contribution is 6.36. The first-order chi connectivity index (χ1) is 12.5. The van der Waals surface area contributed by atoms with E-state index in [2.05, 4.69) is 0 Å². The van der Waals surface area contributed by atoms with E-state index in [1.807, 2.05) is 36.7 Å². The third kappa shape index (κ3) is 5.23. The minimum Gasteiger partial charge on any atom is -0.287 e. The molecule has 0 bridgehead atoms. The Bertz CT molecular complexity index is 763. The molecule has 0 spiro atoms. The molecule has 2 nitrogen and oxygen atoms in total. The van der Waals surface area contributed by atoms with Crippen molar-refractivity contribution in [3.8, 4) is 0 Å². The Morgan fingerprint density at radius 1 is 0.692 bits per heavy atom. The van der Waals surface area contributed by atoms with Gasteiger partial charge in [-0.05, 0) is 37.1 Å². The summed E-state index contributed by atoms with van der Waals surface area (Å²) in [7, 11) is 0. The van der Waals surface area contributed by atoms with Gasteiger partial charge in [-0.25, -0.2) is 0 Å². The van der Waals surface area contributed by atoms with Gasteiger partial charge in [0.15, 0.2) is 0 Å². The van der Waals surface area contributed by atoms with Crippen LogP contribution >= 0.6 is 46.4 Å². The Labute approximate surface area is 173 Å². The van der Waals surface area contributed by atoms with Crippen LogP contribution in [0.5, 0.6) is 0 Å². The second kappa shape index (κ2) is 9.23.